The summed E-state index contributed by atoms with van der Waals surface area (Å²) in [5.74, 6) is 7.02. The fourth-order valence-corrected chi connectivity index (χ4v) is 3.83. The summed E-state index contributed by atoms with van der Waals surface area (Å²) in [6.45, 7) is 3.93. The van der Waals surface area contributed by atoms with Crippen molar-refractivity contribution in [2.45, 2.75) is 24.6 Å². The van der Waals surface area contributed by atoms with Crippen LogP contribution >= 0.6 is 27.7 Å². The predicted molar refractivity (Wildman–Crippen MR) is 101 cm³/mol. The van der Waals surface area contributed by atoms with Crippen LogP contribution in [0.4, 0.5) is 0 Å². The Morgan fingerprint density at radius 3 is 3.00 bits per heavy atom. The molecule has 0 aliphatic carbocycles. The number of nitrogens with two attached hydrogens (primary N) is 1. The number of hydrogen-bond donors (Lipinski definition) is 1. The van der Waals surface area contributed by atoms with Gasteiger partial charge >= 0.3 is 0 Å². The Kier molecular flexibility index (Phi) is 5.98. The van der Waals surface area contributed by atoms with E-state index in [9.17, 15) is 4.79 Å². The Morgan fingerprint density at radius 2 is 2.24 bits per heavy atom. The van der Waals surface area contributed by atoms with E-state index in [1.165, 1.54) is 16.4 Å². The van der Waals surface area contributed by atoms with E-state index in [0.717, 1.165) is 16.5 Å². The summed E-state index contributed by atoms with van der Waals surface area (Å²) in [6.07, 6.45) is 1.03. The van der Waals surface area contributed by atoms with E-state index in [1.807, 2.05) is 29.2 Å². The molecule has 1 unspecified atom stereocenters. The van der Waals surface area contributed by atoms with E-state index in [-0.39, 0.29) is 17.8 Å². The number of rotatable bonds is 5. The molecule has 1 aromatic carbocycles. The number of halogens is 1. The highest BCUT2D eigenvalue weighted by molar-refractivity contribution is 9.10. The lowest BCUT2D eigenvalue weighted by atomic mass is 10.2. The Balaban J connectivity index is 1.64. The molecule has 7 nitrogen and oxygen atoms in total. The summed E-state index contributed by atoms with van der Waals surface area (Å²) in [5.41, 5.74) is 0.856. The number of nitrogen functional groups attached to an aromatic ring is 1. The predicted octanol–water partition coefficient (Wildman–Crippen LogP) is 2.15. The Morgan fingerprint density at radius 1 is 1.44 bits per heavy atom. The van der Waals surface area contributed by atoms with Crippen molar-refractivity contribution in [1.29, 1.82) is 0 Å². The van der Waals surface area contributed by atoms with Gasteiger partial charge in [0.1, 0.15) is 0 Å². The maximum Gasteiger partial charge on any atom is 0.233 e. The van der Waals surface area contributed by atoms with Crippen LogP contribution in [0.15, 0.2) is 33.9 Å². The summed E-state index contributed by atoms with van der Waals surface area (Å²) in [4.78, 5) is 14.3. The lowest BCUT2D eigenvalue weighted by Crippen LogP contribution is -2.46. The molecule has 9 heteroatoms. The molecular formula is C16H20BrN5O2S. The number of morpholine rings is 1. The Hall–Kier alpha value is -1.58. The molecule has 3 rings (SSSR count). The van der Waals surface area contributed by atoms with Crippen molar-refractivity contribution >= 4 is 33.6 Å². The zero-order valence-corrected chi connectivity index (χ0v) is 16.3. The van der Waals surface area contributed by atoms with Gasteiger partial charge in [0.05, 0.1) is 18.5 Å². The van der Waals surface area contributed by atoms with Crippen molar-refractivity contribution in [2.24, 2.45) is 0 Å². The lowest BCUT2D eigenvalue weighted by molar-refractivity contribution is -0.135. The van der Waals surface area contributed by atoms with E-state index in [2.05, 4.69) is 33.1 Å². The number of thioether (sulfide) groups is 1. The van der Waals surface area contributed by atoms with Gasteiger partial charge in [-0.3, -0.25) is 4.79 Å². The molecule has 1 aliphatic heterocycles. The smallest absolute Gasteiger partial charge is 0.233 e. The molecule has 1 aliphatic rings. The van der Waals surface area contributed by atoms with Gasteiger partial charge in [-0.2, -0.15) is 0 Å². The van der Waals surface area contributed by atoms with Crippen molar-refractivity contribution in [1.82, 2.24) is 19.8 Å². The van der Waals surface area contributed by atoms with E-state index in [0.29, 0.717) is 30.7 Å². The standard InChI is InChI=1S/C16H20BrN5O2S/c1-2-11-9-21(7-8-24-11)14(23)10-25-16-20-19-15(22(16)18)12-5-3-4-6-13(12)17/h3-6,11H,2,7-10,18H2,1H3. The number of benzene rings is 1. The first-order valence-electron chi connectivity index (χ1n) is 8.07. The van der Waals surface area contributed by atoms with E-state index >= 15 is 0 Å². The third kappa shape index (κ3) is 4.16. The van der Waals surface area contributed by atoms with Crippen LogP contribution in [0, 0.1) is 0 Å². The van der Waals surface area contributed by atoms with Gasteiger partial charge in [-0.25, -0.2) is 4.68 Å². The molecule has 134 valence electrons. The number of nitrogens with zero attached hydrogens (tertiary/aromatic N) is 4. The number of carbonyl (C=O) groups is 1. The second kappa shape index (κ2) is 8.20. The molecule has 2 aromatic rings. The molecule has 1 amide bonds. The van der Waals surface area contributed by atoms with Crippen LogP contribution in [0.25, 0.3) is 11.4 Å². The number of ether oxygens (including phenoxy) is 1. The van der Waals surface area contributed by atoms with Crippen LogP contribution in [-0.2, 0) is 9.53 Å². The van der Waals surface area contributed by atoms with Gasteiger partial charge in [-0.05, 0) is 18.6 Å². The summed E-state index contributed by atoms with van der Waals surface area (Å²) in [7, 11) is 0. The van der Waals surface area contributed by atoms with Crippen molar-refractivity contribution in [3.05, 3.63) is 28.7 Å². The van der Waals surface area contributed by atoms with Gasteiger partial charge < -0.3 is 15.5 Å². The zero-order chi connectivity index (χ0) is 17.8. The van der Waals surface area contributed by atoms with Gasteiger partial charge in [-0.15, -0.1) is 10.2 Å². The number of carbonyl (C=O) groups excluding carboxylic acids is 1. The molecule has 2 heterocycles. The second-order valence-corrected chi connectivity index (χ2v) is 7.48. The zero-order valence-electron chi connectivity index (χ0n) is 13.9. The quantitative estimate of drug-likeness (QED) is 0.583. The topological polar surface area (TPSA) is 86.3 Å². The first-order valence-corrected chi connectivity index (χ1v) is 9.85. The summed E-state index contributed by atoms with van der Waals surface area (Å²) in [6, 6.07) is 7.66. The Bertz CT molecular complexity index is 754. The van der Waals surface area contributed by atoms with E-state index in [4.69, 9.17) is 10.6 Å². The molecule has 1 aromatic heterocycles. The summed E-state index contributed by atoms with van der Waals surface area (Å²) >= 11 is 4.78. The van der Waals surface area contributed by atoms with E-state index < -0.39 is 0 Å². The number of amides is 1. The highest BCUT2D eigenvalue weighted by Crippen LogP contribution is 2.28. The van der Waals surface area contributed by atoms with Crippen LogP contribution in [0.2, 0.25) is 0 Å². The minimum Gasteiger partial charge on any atom is -0.375 e. The van der Waals surface area contributed by atoms with Crippen LogP contribution in [0.1, 0.15) is 13.3 Å². The summed E-state index contributed by atoms with van der Waals surface area (Å²) in [5, 5.41) is 8.78. The third-order valence-electron chi connectivity index (χ3n) is 4.05. The molecule has 0 spiro atoms. The molecule has 1 saturated heterocycles. The summed E-state index contributed by atoms with van der Waals surface area (Å²) < 4.78 is 7.91. The third-order valence-corrected chi connectivity index (χ3v) is 5.67. The van der Waals surface area contributed by atoms with Crippen LogP contribution in [-0.4, -0.2) is 57.2 Å². The van der Waals surface area contributed by atoms with Crippen molar-refractivity contribution in [2.75, 3.05) is 31.3 Å². The molecule has 0 radical (unpaired) electrons. The van der Waals surface area contributed by atoms with Crippen molar-refractivity contribution in [3.8, 4) is 11.4 Å². The highest BCUT2D eigenvalue weighted by Gasteiger charge is 2.24. The largest absolute Gasteiger partial charge is 0.375 e. The van der Waals surface area contributed by atoms with Crippen LogP contribution < -0.4 is 5.84 Å². The monoisotopic (exact) mass is 425 g/mol. The average molecular weight is 426 g/mol. The van der Waals surface area contributed by atoms with Crippen LogP contribution in [0.3, 0.4) is 0 Å². The first kappa shape index (κ1) is 18.2. The molecule has 0 saturated carbocycles. The number of hydrogen-bond acceptors (Lipinski definition) is 6. The minimum atomic E-state index is 0.0668. The van der Waals surface area contributed by atoms with Gasteiger partial charge in [0.15, 0.2) is 5.82 Å². The highest BCUT2D eigenvalue weighted by atomic mass is 79.9. The molecule has 25 heavy (non-hydrogen) atoms. The van der Waals surface area contributed by atoms with Gasteiger partial charge in [0.2, 0.25) is 11.1 Å². The average Bonchev–Trinajstić information content (AvgIpc) is 3.00. The first-order chi connectivity index (χ1) is 12.1. The van der Waals surface area contributed by atoms with Crippen LogP contribution in [0.5, 0.6) is 0 Å². The van der Waals surface area contributed by atoms with Crippen molar-refractivity contribution in [3.63, 3.8) is 0 Å². The fourth-order valence-electron chi connectivity index (χ4n) is 2.61. The molecule has 2 N–H and O–H groups in total. The Labute approximate surface area is 159 Å². The van der Waals surface area contributed by atoms with Crippen molar-refractivity contribution < 1.29 is 9.53 Å². The molecule has 1 fully saturated rings. The fraction of sp³-hybridized carbons (Fsp3) is 0.438. The molecule has 0 bridgehead atoms. The lowest BCUT2D eigenvalue weighted by Gasteiger charge is -2.32. The van der Waals surface area contributed by atoms with Gasteiger partial charge in [0, 0.05) is 23.1 Å². The van der Waals surface area contributed by atoms with Gasteiger partial charge in [0.25, 0.3) is 0 Å². The van der Waals surface area contributed by atoms with E-state index in [1.54, 1.807) is 0 Å². The minimum absolute atomic E-state index is 0.0668. The maximum absolute atomic E-state index is 12.4. The SMILES string of the molecule is CCC1CN(C(=O)CSc2nnc(-c3ccccc3Br)n2N)CCO1. The second-order valence-electron chi connectivity index (χ2n) is 5.69. The molecular weight excluding hydrogens is 406 g/mol. The van der Waals surface area contributed by atoms with Gasteiger partial charge in [-0.1, -0.05) is 46.7 Å². The number of aromatic nitrogens is 3. The molecule has 1 atom stereocenters. The maximum atomic E-state index is 12.4. The normalized spacial score (nSPS) is 17.7.